The summed E-state index contributed by atoms with van der Waals surface area (Å²) in [5.74, 6) is -0.282. The average Bonchev–Trinajstić information content (AvgIpc) is 2.90. The van der Waals surface area contributed by atoms with Crippen molar-refractivity contribution < 1.29 is 19.5 Å². The molecule has 0 aromatic heterocycles. The molecule has 1 aliphatic carbocycles. The fraction of sp³-hybridized carbons (Fsp3) is 0.267. The van der Waals surface area contributed by atoms with E-state index in [2.05, 4.69) is 48.5 Å². The molecule has 0 saturated heterocycles. The van der Waals surface area contributed by atoms with Crippen molar-refractivity contribution in [2.24, 2.45) is 5.16 Å². The van der Waals surface area contributed by atoms with Crippen LogP contribution in [0.2, 0.25) is 0 Å². The van der Waals surface area contributed by atoms with Gasteiger partial charge in [0.05, 0.1) is 5.71 Å². The number of allylic oxidation sites excluding steroid dienone is 2. The van der Waals surface area contributed by atoms with Gasteiger partial charge >= 0.3 is 5.97 Å². The smallest absolute Gasteiger partial charge is 0.341 e. The number of carbonyl (C=O) groups is 1. The highest BCUT2D eigenvalue weighted by atomic mass is 16.6. The van der Waals surface area contributed by atoms with Gasteiger partial charge in [-0.1, -0.05) is 96.5 Å². The topological polar surface area (TPSA) is 68.1 Å². The van der Waals surface area contributed by atoms with E-state index in [4.69, 9.17) is 14.7 Å². The van der Waals surface area contributed by atoms with Gasteiger partial charge in [-0.3, -0.25) is 0 Å². The van der Waals surface area contributed by atoms with Crippen molar-refractivity contribution in [2.75, 3.05) is 6.61 Å². The van der Waals surface area contributed by atoms with E-state index in [1.165, 1.54) is 11.1 Å². The Morgan fingerprint density at radius 2 is 1.66 bits per heavy atom. The lowest BCUT2D eigenvalue weighted by Gasteiger charge is -2.21. The molecule has 0 heterocycles. The van der Waals surface area contributed by atoms with E-state index < -0.39 is 5.97 Å². The third kappa shape index (κ3) is 6.60. The zero-order valence-electron chi connectivity index (χ0n) is 20.0. The second-order valence-corrected chi connectivity index (χ2v) is 8.64. The van der Waals surface area contributed by atoms with E-state index in [0.717, 1.165) is 54.5 Å². The summed E-state index contributed by atoms with van der Waals surface area (Å²) < 4.78 is 5.49. The fourth-order valence-electron chi connectivity index (χ4n) is 4.33. The van der Waals surface area contributed by atoms with Crippen LogP contribution in [0.25, 0.3) is 0 Å². The number of ether oxygens (including phenoxy) is 1. The quantitative estimate of drug-likeness (QED) is 0.208. The highest BCUT2D eigenvalue weighted by molar-refractivity contribution is 5.85. The molecule has 5 heteroatoms. The molecule has 35 heavy (non-hydrogen) atoms. The Balaban J connectivity index is 1.45. The van der Waals surface area contributed by atoms with Crippen LogP contribution in [0.3, 0.4) is 0 Å². The van der Waals surface area contributed by atoms with Gasteiger partial charge in [0.25, 0.3) is 0 Å². The largest absolute Gasteiger partial charge is 0.482 e. The molecule has 0 radical (unpaired) electrons. The number of hydrogen-bond acceptors (Lipinski definition) is 4. The number of aliphatic carboxylic acids is 1. The van der Waals surface area contributed by atoms with Crippen LogP contribution in [0, 0.1) is 0 Å². The Kier molecular flexibility index (Phi) is 8.34. The summed E-state index contributed by atoms with van der Waals surface area (Å²) in [5, 5.41) is 13.5. The molecule has 3 aromatic carbocycles. The van der Waals surface area contributed by atoms with E-state index in [0.29, 0.717) is 5.75 Å². The standard InChI is InChI=1S/C30H31NO4/c1-2-26(31-35-30(23-10-5-3-6-11-23)24-12-7-4-8-13-24)18-16-22-17-19-27-25(20-22)14-9-15-28(27)34-21-29(32)33/h3-16,30H,2,17-21H2,1H3,(H,32,33). The van der Waals surface area contributed by atoms with Crippen LogP contribution < -0.4 is 4.74 Å². The van der Waals surface area contributed by atoms with Gasteiger partial charge in [-0.2, -0.15) is 0 Å². The first-order valence-electron chi connectivity index (χ1n) is 12.1. The minimum atomic E-state index is -0.964. The molecule has 0 saturated carbocycles. The highest BCUT2D eigenvalue weighted by Gasteiger charge is 2.18. The summed E-state index contributed by atoms with van der Waals surface area (Å²) in [6.07, 6.45) is 6.17. The molecular formula is C30H31NO4. The van der Waals surface area contributed by atoms with E-state index in [-0.39, 0.29) is 12.7 Å². The molecule has 0 amide bonds. The zero-order valence-corrected chi connectivity index (χ0v) is 20.0. The predicted molar refractivity (Wildman–Crippen MR) is 138 cm³/mol. The molecule has 5 nitrogen and oxygen atoms in total. The van der Waals surface area contributed by atoms with Crippen LogP contribution in [-0.2, 0) is 22.5 Å². The second-order valence-electron chi connectivity index (χ2n) is 8.64. The molecule has 0 atom stereocenters. The molecule has 1 aliphatic rings. The van der Waals surface area contributed by atoms with Crippen molar-refractivity contribution in [3.05, 3.63) is 113 Å². The molecule has 3 aromatic rings. The van der Waals surface area contributed by atoms with Crippen molar-refractivity contribution in [3.8, 4) is 5.75 Å². The molecule has 4 rings (SSSR count). The number of fused-ring (bicyclic) bond motifs is 1. The van der Waals surface area contributed by atoms with Crippen LogP contribution in [0.4, 0.5) is 0 Å². The third-order valence-corrected chi connectivity index (χ3v) is 6.22. The van der Waals surface area contributed by atoms with Crippen LogP contribution in [0.15, 0.2) is 95.7 Å². The van der Waals surface area contributed by atoms with E-state index in [1.54, 1.807) is 0 Å². The zero-order chi connectivity index (χ0) is 24.5. The van der Waals surface area contributed by atoms with Gasteiger partial charge in [-0.25, -0.2) is 4.79 Å². The SMILES string of the molecule is CCC(CC=C1CCc2c(cccc2OCC(=O)O)C1)=NOC(c1ccccc1)c1ccccc1. The van der Waals surface area contributed by atoms with Gasteiger partial charge in [0.2, 0.25) is 0 Å². The molecule has 0 aliphatic heterocycles. The second kappa shape index (κ2) is 12.0. The summed E-state index contributed by atoms with van der Waals surface area (Å²) in [4.78, 5) is 17.0. The molecule has 0 bridgehead atoms. The summed E-state index contributed by atoms with van der Waals surface area (Å²) >= 11 is 0. The van der Waals surface area contributed by atoms with Crippen molar-refractivity contribution in [1.29, 1.82) is 0 Å². The predicted octanol–water partition coefficient (Wildman–Crippen LogP) is 6.53. The molecule has 180 valence electrons. The first-order chi connectivity index (χ1) is 17.1. The van der Waals surface area contributed by atoms with E-state index in [1.807, 2.05) is 48.5 Å². The first-order valence-corrected chi connectivity index (χ1v) is 12.1. The van der Waals surface area contributed by atoms with Crippen LogP contribution >= 0.6 is 0 Å². The van der Waals surface area contributed by atoms with Gasteiger partial charge in [0, 0.05) is 6.42 Å². The van der Waals surface area contributed by atoms with Crippen molar-refractivity contribution in [3.63, 3.8) is 0 Å². The average molecular weight is 470 g/mol. The number of benzene rings is 3. The Bertz CT molecular complexity index is 1150. The Morgan fingerprint density at radius 1 is 0.971 bits per heavy atom. The van der Waals surface area contributed by atoms with Gasteiger partial charge in [0.15, 0.2) is 12.7 Å². The fourth-order valence-corrected chi connectivity index (χ4v) is 4.33. The minimum absolute atomic E-state index is 0.252. The van der Waals surface area contributed by atoms with Gasteiger partial charge in [-0.15, -0.1) is 0 Å². The van der Waals surface area contributed by atoms with Crippen LogP contribution in [0.5, 0.6) is 5.75 Å². The number of nitrogens with zero attached hydrogens (tertiary/aromatic N) is 1. The normalized spacial score (nSPS) is 14.6. The summed E-state index contributed by atoms with van der Waals surface area (Å²) in [6.45, 7) is 1.78. The van der Waals surface area contributed by atoms with Gasteiger partial charge in [-0.05, 0) is 54.0 Å². The maximum atomic E-state index is 10.9. The van der Waals surface area contributed by atoms with Gasteiger partial charge < -0.3 is 14.7 Å². The number of carboxylic acid groups (broad SMARTS) is 1. The highest BCUT2D eigenvalue weighted by Crippen LogP contribution is 2.32. The van der Waals surface area contributed by atoms with E-state index in [9.17, 15) is 4.79 Å². The Morgan fingerprint density at radius 3 is 2.29 bits per heavy atom. The Hall–Kier alpha value is -3.86. The van der Waals surface area contributed by atoms with Crippen molar-refractivity contribution in [1.82, 2.24) is 0 Å². The monoisotopic (exact) mass is 469 g/mol. The van der Waals surface area contributed by atoms with Crippen LogP contribution in [-0.4, -0.2) is 23.4 Å². The molecule has 0 spiro atoms. The lowest BCUT2D eigenvalue weighted by atomic mass is 9.87. The number of hydrogen-bond donors (Lipinski definition) is 1. The molecular weight excluding hydrogens is 438 g/mol. The molecule has 0 unspecified atom stereocenters. The summed E-state index contributed by atoms with van der Waals surface area (Å²) in [7, 11) is 0. The van der Waals surface area contributed by atoms with Crippen LogP contribution in [0.1, 0.15) is 54.5 Å². The molecule has 0 fully saturated rings. The number of oxime groups is 1. The van der Waals surface area contributed by atoms with Gasteiger partial charge in [0.1, 0.15) is 5.75 Å². The molecule has 1 N–H and O–H groups in total. The first kappa shape index (κ1) is 24.3. The summed E-state index contributed by atoms with van der Waals surface area (Å²) in [5.41, 5.74) is 6.81. The lowest BCUT2D eigenvalue weighted by Crippen LogP contribution is -2.13. The third-order valence-electron chi connectivity index (χ3n) is 6.22. The number of carboxylic acids is 1. The summed E-state index contributed by atoms with van der Waals surface area (Å²) in [6, 6.07) is 26.2. The maximum absolute atomic E-state index is 10.9. The Labute approximate surface area is 206 Å². The minimum Gasteiger partial charge on any atom is -0.482 e. The van der Waals surface area contributed by atoms with E-state index >= 15 is 0 Å². The maximum Gasteiger partial charge on any atom is 0.341 e. The van der Waals surface area contributed by atoms with Crippen molar-refractivity contribution in [2.45, 2.75) is 45.1 Å². The number of rotatable bonds is 10. The lowest BCUT2D eigenvalue weighted by molar-refractivity contribution is -0.139. The van der Waals surface area contributed by atoms with Crippen molar-refractivity contribution >= 4 is 11.7 Å².